The molecular weight excluding hydrogens is 298 g/mol. The van der Waals surface area contributed by atoms with Crippen LogP contribution in [0.3, 0.4) is 0 Å². The van der Waals surface area contributed by atoms with Crippen molar-refractivity contribution >= 4 is 12.0 Å². The number of rotatable bonds is 2. The van der Waals surface area contributed by atoms with Gasteiger partial charge in [-0.05, 0) is 55.4 Å². The van der Waals surface area contributed by atoms with E-state index in [0.29, 0.717) is 0 Å². The minimum Gasteiger partial charge on any atom is -0.443 e. The predicted molar refractivity (Wildman–Crippen MR) is 85.7 cm³/mol. The minimum absolute atomic E-state index is 0.157. The fourth-order valence-electron chi connectivity index (χ4n) is 1.63. The van der Waals surface area contributed by atoms with Gasteiger partial charge in [-0.15, -0.1) is 5.10 Å². The third-order valence-corrected chi connectivity index (χ3v) is 2.75. The van der Waals surface area contributed by atoms with Crippen LogP contribution in [-0.4, -0.2) is 43.6 Å². The molecule has 0 atom stereocenters. The Morgan fingerprint density at radius 1 is 1.22 bits per heavy atom. The molecule has 23 heavy (non-hydrogen) atoms. The van der Waals surface area contributed by atoms with E-state index in [9.17, 15) is 9.59 Å². The fraction of sp³-hybridized carbons (Fsp3) is 0.733. The highest BCUT2D eigenvalue weighted by atomic mass is 16.6. The highest BCUT2D eigenvalue weighted by Gasteiger charge is 2.27. The normalized spacial score (nSPS) is 12.2. The van der Waals surface area contributed by atoms with Gasteiger partial charge in [0, 0.05) is 6.04 Å². The number of hydrogen-bond donors (Lipinski definition) is 1. The minimum atomic E-state index is -0.692. The van der Waals surface area contributed by atoms with Crippen molar-refractivity contribution in [2.24, 2.45) is 0 Å². The van der Waals surface area contributed by atoms with Crippen molar-refractivity contribution in [1.82, 2.24) is 25.4 Å². The van der Waals surface area contributed by atoms with Gasteiger partial charge < -0.3 is 4.74 Å². The zero-order valence-electron chi connectivity index (χ0n) is 15.2. The molecule has 1 heterocycles. The van der Waals surface area contributed by atoms with Crippen LogP contribution in [0.5, 0.6) is 0 Å². The van der Waals surface area contributed by atoms with Crippen LogP contribution in [0, 0.1) is 0 Å². The number of carbonyl (C=O) groups excluding carboxylic acids is 2. The third kappa shape index (κ3) is 5.54. The zero-order valence-corrected chi connectivity index (χ0v) is 15.2. The van der Waals surface area contributed by atoms with Gasteiger partial charge in [0.25, 0.3) is 5.91 Å². The summed E-state index contributed by atoms with van der Waals surface area (Å²) in [4.78, 5) is 24.5. The molecular formula is C15H27N5O3. The second-order valence-electron chi connectivity index (χ2n) is 7.60. The van der Waals surface area contributed by atoms with Crippen molar-refractivity contribution < 1.29 is 14.3 Å². The van der Waals surface area contributed by atoms with E-state index in [-0.39, 0.29) is 17.3 Å². The predicted octanol–water partition coefficient (Wildman–Crippen LogP) is 2.32. The number of carbonyl (C=O) groups is 2. The van der Waals surface area contributed by atoms with Gasteiger partial charge in [0.2, 0.25) is 0 Å². The van der Waals surface area contributed by atoms with Crippen molar-refractivity contribution in [2.45, 2.75) is 72.6 Å². The molecule has 1 aromatic rings. The highest BCUT2D eigenvalue weighted by molar-refractivity contribution is 5.93. The Morgan fingerprint density at radius 2 is 1.78 bits per heavy atom. The maximum Gasteiger partial charge on any atom is 0.426 e. The fourth-order valence-corrected chi connectivity index (χ4v) is 1.63. The summed E-state index contributed by atoms with van der Waals surface area (Å²) in [7, 11) is 0. The quantitative estimate of drug-likeness (QED) is 0.843. The zero-order chi connectivity index (χ0) is 18.0. The molecule has 0 aromatic carbocycles. The Balaban J connectivity index is 2.91. The van der Waals surface area contributed by atoms with Gasteiger partial charge >= 0.3 is 6.09 Å². The van der Waals surface area contributed by atoms with E-state index in [1.54, 1.807) is 45.5 Å². The Morgan fingerprint density at radius 3 is 2.17 bits per heavy atom. The van der Waals surface area contributed by atoms with E-state index in [1.165, 1.54) is 5.01 Å². The van der Waals surface area contributed by atoms with Crippen LogP contribution in [-0.2, 0) is 10.3 Å². The number of hydrogen-bond acceptors (Lipinski definition) is 5. The maximum absolute atomic E-state index is 12.6. The van der Waals surface area contributed by atoms with E-state index in [4.69, 9.17) is 4.74 Å². The van der Waals surface area contributed by atoms with Gasteiger partial charge in [-0.3, -0.25) is 4.79 Å². The summed E-state index contributed by atoms with van der Waals surface area (Å²) in [5.74, 6) is -0.443. The lowest BCUT2D eigenvalue weighted by atomic mass is 10.1. The van der Waals surface area contributed by atoms with Gasteiger partial charge in [-0.25, -0.2) is 19.9 Å². The second kappa shape index (κ2) is 6.55. The molecule has 0 bridgehead atoms. The van der Waals surface area contributed by atoms with Crippen LogP contribution in [0.25, 0.3) is 0 Å². The topological polar surface area (TPSA) is 89.4 Å². The third-order valence-electron chi connectivity index (χ3n) is 2.75. The van der Waals surface area contributed by atoms with Crippen molar-refractivity contribution in [3.8, 4) is 0 Å². The number of amides is 2. The first-order chi connectivity index (χ1) is 10.3. The summed E-state index contributed by atoms with van der Waals surface area (Å²) < 4.78 is 6.78. The van der Waals surface area contributed by atoms with E-state index in [0.717, 1.165) is 0 Å². The largest absolute Gasteiger partial charge is 0.443 e. The molecule has 1 rings (SSSR count). The van der Waals surface area contributed by atoms with Crippen LogP contribution < -0.4 is 5.43 Å². The molecule has 0 radical (unpaired) electrons. The summed E-state index contributed by atoms with van der Waals surface area (Å²) in [6.07, 6.45) is 0.872. The molecule has 2 amide bonds. The molecule has 0 aliphatic heterocycles. The van der Waals surface area contributed by atoms with Gasteiger partial charge in [-0.2, -0.15) is 0 Å². The van der Waals surface area contributed by atoms with E-state index in [1.807, 2.05) is 20.8 Å². The lowest BCUT2D eigenvalue weighted by molar-refractivity contribution is 0.0240. The van der Waals surface area contributed by atoms with E-state index in [2.05, 4.69) is 15.7 Å². The van der Waals surface area contributed by atoms with E-state index < -0.39 is 17.6 Å². The molecule has 0 saturated heterocycles. The van der Waals surface area contributed by atoms with Crippen molar-refractivity contribution in [3.63, 3.8) is 0 Å². The summed E-state index contributed by atoms with van der Waals surface area (Å²) in [5.41, 5.74) is 1.69. The molecule has 8 heteroatoms. The first kappa shape index (κ1) is 18.9. The summed E-state index contributed by atoms with van der Waals surface area (Å²) in [6.45, 7) is 14.7. The number of hydrazine groups is 1. The van der Waals surface area contributed by atoms with Crippen LogP contribution in [0.4, 0.5) is 4.79 Å². The number of nitrogens with zero attached hydrogens (tertiary/aromatic N) is 4. The molecule has 1 N–H and O–H groups in total. The highest BCUT2D eigenvalue weighted by Crippen LogP contribution is 2.13. The molecule has 0 unspecified atom stereocenters. The van der Waals surface area contributed by atoms with Crippen molar-refractivity contribution in [3.05, 3.63) is 11.9 Å². The standard InChI is InChI=1S/C15H27N5O3/c1-10(2)20(17-13(22)23-15(6,7)8)12(21)11-9-19(18-16-11)14(3,4)5/h9-10H,1-8H3,(H,17,22). The van der Waals surface area contributed by atoms with Crippen LogP contribution in [0.2, 0.25) is 0 Å². The van der Waals surface area contributed by atoms with Crippen LogP contribution in [0.15, 0.2) is 6.20 Å². The SMILES string of the molecule is CC(C)N(NC(=O)OC(C)(C)C)C(=O)c1cn(C(C)(C)C)nn1. The van der Waals surface area contributed by atoms with E-state index >= 15 is 0 Å². The monoisotopic (exact) mass is 325 g/mol. The Labute approximate surface area is 137 Å². The Kier molecular flexibility index (Phi) is 5.39. The molecule has 0 aliphatic rings. The van der Waals surface area contributed by atoms with Crippen molar-refractivity contribution in [2.75, 3.05) is 0 Å². The number of ether oxygens (including phenoxy) is 1. The van der Waals surface area contributed by atoms with Gasteiger partial charge in [-0.1, -0.05) is 5.21 Å². The molecule has 0 aliphatic carbocycles. The first-order valence-electron chi connectivity index (χ1n) is 7.57. The van der Waals surface area contributed by atoms with Crippen LogP contribution >= 0.6 is 0 Å². The van der Waals surface area contributed by atoms with Crippen LogP contribution in [0.1, 0.15) is 65.9 Å². The molecule has 130 valence electrons. The molecule has 0 fully saturated rings. The average molecular weight is 325 g/mol. The number of nitrogens with one attached hydrogen (secondary N) is 1. The molecule has 0 saturated carbocycles. The van der Waals surface area contributed by atoms with Gasteiger partial charge in [0.05, 0.1) is 11.7 Å². The molecule has 0 spiro atoms. The summed E-state index contributed by atoms with van der Waals surface area (Å²) in [5, 5.41) is 9.05. The van der Waals surface area contributed by atoms with Crippen molar-refractivity contribution in [1.29, 1.82) is 0 Å². The lowest BCUT2D eigenvalue weighted by Crippen LogP contribution is -2.51. The molecule has 8 nitrogen and oxygen atoms in total. The maximum atomic E-state index is 12.6. The average Bonchev–Trinajstić information content (AvgIpc) is 2.81. The smallest absolute Gasteiger partial charge is 0.426 e. The number of aromatic nitrogens is 3. The molecule has 1 aromatic heterocycles. The second-order valence-corrected chi connectivity index (χ2v) is 7.60. The first-order valence-corrected chi connectivity index (χ1v) is 7.57. The lowest BCUT2D eigenvalue weighted by Gasteiger charge is -2.28. The summed E-state index contributed by atoms with van der Waals surface area (Å²) in [6, 6.07) is -0.269. The summed E-state index contributed by atoms with van der Waals surface area (Å²) >= 11 is 0. The van der Waals surface area contributed by atoms with Gasteiger partial charge in [0.1, 0.15) is 5.60 Å². The van der Waals surface area contributed by atoms with Gasteiger partial charge in [0.15, 0.2) is 5.69 Å². The Hall–Kier alpha value is -2.12. The Bertz CT molecular complexity index is 566.